The van der Waals surface area contributed by atoms with Crippen LogP contribution < -0.4 is 5.32 Å². The van der Waals surface area contributed by atoms with Crippen molar-refractivity contribution in [1.29, 1.82) is 0 Å². The Morgan fingerprint density at radius 1 is 1.22 bits per heavy atom. The summed E-state index contributed by atoms with van der Waals surface area (Å²) in [5.74, 6) is 0.663. The van der Waals surface area contributed by atoms with E-state index in [0.717, 1.165) is 58.3 Å². The first kappa shape index (κ1) is 25.4. The summed E-state index contributed by atoms with van der Waals surface area (Å²) in [5, 5.41) is 5.21. The molecule has 2 aliphatic rings. The Balaban J connectivity index is 1.65. The summed E-state index contributed by atoms with van der Waals surface area (Å²) in [5.41, 5.74) is 0. The Hall–Kier alpha value is -1.24. The van der Waals surface area contributed by atoms with Gasteiger partial charge >= 0.3 is 0 Å². The van der Waals surface area contributed by atoms with E-state index in [4.69, 9.17) is 0 Å². The summed E-state index contributed by atoms with van der Waals surface area (Å²) < 4.78 is 0. The molecule has 1 N–H and O–H groups in total. The number of hydrogen-bond donors (Lipinski definition) is 1. The molecule has 2 heterocycles. The van der Waals surface area contributed by atoms with Crippen LogP contribution in [0, 0.1) is 11.8 Å². The van der Waals surface area contributed by atoms with Crippen LogP contribution in [-0.4, -0.2) is 66.8 Å². The molecule has 1 aliphatic heterocycles. The number of likely N-dealkylation sites (tertiary alicyclic amines) is 1. The van der Waals surface area contributed by atoms with Gasteiger partial charge in [0.05, 0.1) is 6.04 Å². The molecule has 0 radical (unpaired) electrons. The maximum Gasteiger partial charge on any atom is 0.226 e. The van der Waals surface area contributed by atoms with Gasteiger partial charge in [0.2, 0.25) is 5.91 Å². The Morgan fingerprint density at radius 2 is 2.00 bits per heavy atom. The number of nitrogens with one attached hydrogen (secondary N) is 1. The molecule has 6 heteroatoms. The fraction of sp³-hybridized carbons (Fsp3) is 0.769. The molecule has 1 amide bonds. The van der Waals surface area contributed by atoms with Crippen molar-refractivity contribution in [3.63, 3.8) is 0 Å². The first-order valence-electron chi connectivity index (χ1n) is 12.8. The number of thiophene rings is 1. The van der Waals surface area contributed by atoms with Crippen LogP contribution in [0.25, 0.3) is 0 Å². The van der Waals surface area contributed by atoms with Crippen molar-refractivity contribution >= 4 is 23.0 Å². The van der Waals surface area contributed by atoms with E-state index in [1.165, 1.54) is 24.1 Å². The largest absolute Gasteiger partial charge is 0.338 e. The first-order valence-corrected chi connectivity index (χ1v) is 13.7. The quantitative estimate of drug-likeness (QED) is 0.502. The molecule has 1 saturated heterocycles. The van der Waals surface area contributed by atoms with Gasteiger partial charge in [0.25, 0.3) is 0 Å². The van der Waals surface area contributed by atoms with E-state index in [0.29, 0.717) is 12.3 Å². The molecule has 5 nitrogen and oxygen atoms in total. The fourth-order valence-electron chi connectivity index (χ4n) is 5.47. The zero-order chi connectivity index (χ0) is 22.9. The molecule has 3 rings (SSSR count). The second kappa shape index (κ2) is 12.9. The maximum absolute atomic E-state index is 13.9. The summed E-state index contributed by atoms with van der Waals surface area (Å²) in [6, 6.07) is 4.43. The number of hydrogen-bond acceptors (Lipinski definition) is 5. The third kappa shape index (κ3) is 6.88. The van der Waals surface area contributed by atoms with Gasteiger partial charge in [-0.3, -0.25) is 9.59 Å². The van der Waals surface area contributed by atoms with Crippen molar-refractivity contribution in [2.75, 3.05) is 33.2 Å². The van der Waals surface area contributed by atoms with E-state index in [1.54, 1.807) is 0 Å². The molecule has 2 fully saturated rings. The van der Waals surface area contributed by atoms with Gasteiger partial charge in [-0.1, -0.05) is 32.3 Å². The normalized spacial score (nSPS) is 21.8. The lowest BCUT2D eigenvalue weighted by Gasteiger charge is -2.36. The lowest BCUT2D eigenvalue weighted by atomic mass is 9.76. The number of amides is 1. The van der Waals surface area contributed by atoms with Gasteiger partial charge < -0.3 is 15.1 Å². The predicted molar refractivity (Wildman–Crippen MR) is 133 cm³/mol. The molecule has 0 aromatic carbocycles. The summed E-state index contributed by atoms with van der Waals surface area (Å²) >= 11 is 1.82. The third-order valence-electron chi connectivity index (χ3n) is 7.70. The van der Waals surface area contributed by atoms with Crippen molar-refractivity contribution in [2.45, 2.75) is 83.7 Å². The molecule has 1 saturated carbocycles. The summed E-state index contributed by atoms with van der Waals surface area (Å²) in [6.45, 7) is 7.99. The van der Waals surface area contributed by atoms with E-state index < -0.39 is 0 Å². The molecular weight excluding hydrogens is 418 g/mol. The number of likely N-dealkylation sites (N-methyl/N-ethyl adjacent to an activating group) is 2. The number of ketones is 1. The van der Waals surface area contributed by atoms with Gasteiger partial charge in [0, 0.05) is 42.9 Å². The third-order valence-corrected chi connectivity index (χ3v) is 8.64. The highest BCUT2D eigenvalue weighted by atomic mass is 32.1. The van der Waals surface area contributed by atoms with Crippen LogP contribution in [0.3, 0.4) is 0 Å². The van der Waals surface area contributed by atoms with Crippen LogP contribution in [-0.2, 0) is 16.0 Å². The molecule has 1 aromatic heterocycles. The molecular formula is C26H43N3O2S. The molecule has 180 valence electrons. The highest BCUT2D eigenvalue weighted by molar-refractivity contribution is 7.09. The van der Waals surface area contributed by atoms with Crippen molar-refractivity contribution < 1.29 is 9.59 Å². The molecule has 3 atom stereocenters. The molecule has 32 heavy (non-hydrogen) atoms. The van der Waals surface area contributed by atoms with Crippen LogP contribution in [0.1, 0.15) is 70.1 Å². The van der Waals surface area contributed by atoms with Gasteiger partial charge in [-0.25, -0.2) is 0 Å². The number of rotatable bonds is 12. The molecule has 0 bridgehead atoms. The average Bonchev–Trinajstić information content (AvgIpc) is 3.51. The van der Waals surface area contributed by atoms with Crippen LogP contribution >= 0.6 is 11.3 Å². The fourth-order valence-corrected chi connectivity index (χ4v) is 6.17. The highest BCUT2D eigenvalue weighted by Crippen LogP contribution is 2.35. The molecule has 0 unspecified atom stereocenters. The van der Waals surface area contributed by atoms with Gasteiger partial charge in [-0.2, -0.15) is 0 Å². The van der Waals surface area contributed by atoms with Gasteiger partial charge in [0.15, 0.2) is 0 Å². The summed E-state index contributed by atoms with van der Waals surface area (Å²) in [7, 11) is 1.83. The first-order chi connectivity index (χ1) is 15.5. The average molecular weight is 462 g/mol. The van der Waals surface area contributed by atoms with Crippen molar-refractivity contribution in [1.82, 2.24) is 15.1 Å². The Bertz CT molecular complexity index is 702. The van der Waals surface area contributed by atoms with Crippen LogP contribution in [0.5, 0.6) is 0 Å². The molecule has 0 spiro atoms. The number of carbonyl (C=O) groups is 2. The minimum Gasteiger partial charge on any atom is -0.338 e. The SMILES string of the molecule is CCN(CCc1cccs1)C[C@@H]1CCCN1C(=O)[C@@H](CC(=O)[C@H](C)NC)C1CCCCC1. The molecule has 1 aliphatic carbocycles. The van der Waals surface area contributed by atoms with Crippen LogP contribution in [0.2, 0.25) is 0 Å². The minimum absolute atomic E-state index is 0.139. The van der Waals surface area contributed by atoms with Gasteiger partial charge in [-0.05, 0) is 70.0 Å². The lowest BCUT2D eigenvalue weighted by Crippen LogP contribution is -2.48. The van der Waals surface area contributed by atoms with E-state index in [2.05, 4.69) is 39.6 Å². The number of carbonyl (C=O) groups excluding carboxylic acids is 2. The van der Waals surface area contributed by atoms with Gasteiger partial charge in [-0.15, -0.1) is 11.3 Å². The smallest absolute Gasteiger partial charge is 0.226 e. The second-order valence-electron chi connectivity index (χ2n) is 9.74. The van der Waals surface area contributed by atoms with E-state index in [-0.39, 0.29) is 29.7 Å². The number of Topliss-reactive ketones (excluding diaryl/α,β-unsaturated/α-hetero) is 1. The topological polar surface area (TPSA) is 52.7 Å². The lowest BCUT2D eigenvalue weighted by molar-refractivity contribution is -0.142. The summed E-state index contributed by atoms with van der Waals surface area (Å²) in [6.07, 6.45) is 9.48. The van der Waals surface area contributed by atoms with Gasteiger partial charge in [0.1, 0.15) is 5.78 Å². The summed E-state index contributed by atoms with van der Waals surface area (Å²) in [4.78, 5) is 32.7. The van der Waals surface area contributed by atoms with Crippen molar-refractivity contribution in [3.8, 4) is 0 Å². The van der Waals surface area contributed by atoms with E-state index in [1.807, 2.05) is 25.3 Å². The standard InChI is InChI=1S/C26H43N3O2S/c1-4-28(16-14-23-13-9-17-32-23)19-22-12-8-15-29(22)26(31)24(18-25(30)20(2)27-3)21-10-6-5-7-11-21/h9,13,17,20-22,24,27H,4-8,10-12,14-16,18-19H2,1-3H3/t20-,22-,24-/m0/s1. The Kier molecular flexibility index (Phi) is 10.2. The highest BCUT2D eigenvalue weighted by Gasteiger charge is 2.39. The van der Waals surface area contributed by atoms with Crippen LogP contribution in [0.4, 0.5) is 0 Å². The minimum atomic E-state index is -0.184. The molecule has 1 aromatic rings. The number of nitrogens with zero attached hydrogens (tertiary/aromatic N) is 2. The van der Waals surface area contributed by atoms with Crippen molar-refractivity contribution in [3.05, 3.63) is 22.4 Å². The van der Waals surface area contributed by atoms with Crippen LogP contribution in [0.15, 0.2) is 17.5 Å². The second-order valence-corrected chi connectivity index (χ2v) is 10.8. The predicted octanol–water partition coefficient (Wildman–Crippen LogP) is 4.37. The van der Waals surface area contributed by atoms with E-state index >= 15 is 0 Å². The van der Waals surface area contributed by atoms with E-state index in [9.17, 15) is 9.59 Å². The Morgan fingerprint density at radius 3 is 2.66 bits per heavy atom. The maximum atomic E-state index is 13.9. The monoisotopic (exact) mass is 461 g/mol. The Labute approximate surface area is 198 Å². The zero-order valence-corrected chi connectivity index (χ0v) is 21.2. The van der Waals surface area contributed by atoms with Crippen molar-refractivity contribution in [2.24, 2.45) is 11.8 Å². The zero-order valence-electron chi connectivity index (χ0n) is 20.4.